The monoisotopic (exact) mass is 186 g/mol. The number of nitrogens with zero attached hydrogens (tertiary/aromatic N) is 1. The number of hydrogen-bond acceptors (Lipinski definition) is 3. The molecule has 0 spiro atoms. The maximum atomic E-state index is 9.61. The lowest BCUT2D eigenvalue weighted by Crippen LogP contribution is -2.49. The summed E-state index contributed by atoms with van der Waals surface area (Å²) in [5, 5.41) is 12.9. The average Bonchev–Trinajstić information content (AvgIpc) is 2.13. The van der Waals surface area contributed by atoms with E-state index in [1.165, 1.54) is 0 Å². The number of nitrogens with one attached hydrogen (secondary N) is 1. The van der Waals surface area contributed by atoms with E-state index in [1.807, 2.05) is 0 Å². The smallest absolute Gasteiger partial charge is 0.0791 e. The second-order valence-corrected chi connectivity index (χ2v) is 4.54. The van der Waals surface area contributed by atoms with Crippen molar-refractivity contribution < 1.29 is 5.11 Å². The largest absolute Gasteiger partial charge is 0.390 e. The zero-order valence-corrected chi connectivity index (χ0v) is 9.01. The predicted molar refractivity (Wildman–Crippen MR) is 54.8 cm³/mol. The molecule has 0 radical (unpaired) electrons. The van der Waals surface area contributed by atoms with E-state index in [0.29, 0.717) is 0 Å². The SMILES string of the molecule is CCCN1CC(O)CNCC1(C)C. The molecule has 1 fully saturated rings. The molecule has 1 aliphatic heterocycles. The molecule has 78 valence electrons. The summed E-state index contributed by atoms with van der Waals surface area (Å²) in [5.74, 6) is 0. The van der Waals surface area contributed by atoms with Gasteiger partial charge >= 0.3 is 0 Å². The number of aliphatic hydroxyl groups excluding tert-OH is 1. The van der Waals surface area contributed by atoms with E-state index >= 15 is 0 Å². The van der Waals surface area contributed by atoms with Gasteiger partial charge < -0.3 is 10.4 Å². The second kappa shape index (κ2) is 4.40. The maximum absolute atomic E-state index is 9.61. The Kier molecular flexibility index (Phi) is 3.71. The molecule has 1 rings (SSSR count). The van der Waals surface area contributed by atoms with E-state index in [9.17, 15) is 5.11 Å². The Hall–Kier alpha value is -0.120. The van der Waals surface area contributed by atoms with Crippen molar-refractivity contribution in [2.45, 2.75) is 38.8 Å². The van der Waals surface area contributed by atoms with Crippen LogP contribution in [0.1, 0.15) is 27.2 Å². The number of β-amino-alcohol motifs (C(OH)–C–C–N with tert-alkyl or cyclic N) is 1. The number of aliphatic hydroxyl groups is 1. The van der Waals surface area contributed by atoms with Gasteiger partial charge in [0.15, 0.2) is 0 Å². The van der Waals surface area contributed by atoms with E-state index in [4.69, 9.17) is 0 Å². The third-order valence-corrected chi connectivity index (χ3v) is 2.72. The predicted octanol–water partition coefficient (Wildman–Crippen LogP) is 0.441. The first kappa shape index (κ1) is 11.0. The molecule has 3 nitrogen and oxygen atoms in total. The van der Waals surface area contributed by atoms with Crippen LogP contribution in [0.4, 0.5) is 0 Å². The quantitative estimate of drug-likeness (QED) is 0.657. The summed E-state index contributed by atoms with van der Waals surface area (Å²) < 4.78 is 0. The zero-order chi connectivity index (χ0) is 9.90. The summed E-state index contributed by atoms with van der Waals surface area (Å²) in [6.07, 6.45) is 0.934. The molecule has 0 bridgehead atoms. The van der Waals surface area contributed by atoms with Crippen LogP contribution >= 0.6 is 0 Å². The van der Waals surface area contributed by atoms with Crippen molar-refractivity contribution in [1.82, 2.24) is 10.2 Å². The fourth-order valence-electron chi connectivity index (χ4n) is 1.89. The Morgan fingerprint density at radius 1 is 1.54 bits per heavy atom. The lowest BCUT2D eigenvalue weighted by molar-refractivity contribution is 0.0770. The molecule has 1 unspecified atom stereocenters. The molecule has 0 saturated carbocycles. The van der Waals surface area contributed by atoms with E-state index in [0.717, 1.165) is 32.6 Å². The third kappa shape index (κ3) is 2.93. The molecule has 1 heterocycles. The van der Waals surface area contributed by atoms with Gasteiger partial charge in [0, 0.05) is 25.2 Å². The fourth-order valence-corrected chi connectivity index (χ4v) is 1.89. The standard InChI is InChI=1S/C10H22N2O/c1-4-5-12-7-9(13)6-11-8-10(12,2)3/h9,11,13H,4-8H2,1-3H3. The van der Waals surface area contributed by atoms with Crippen molar-refractivity contribution in [1.29, 1.82) is 0 Å². The summed E-state index contributed by atoms with van der Waals surface area (Å²) in [6.45, 7) is 10.2. The van der Waals surface area contributed by atoms with E-state index in [1.54, 1.807) is 0 Å². The van der Waals surface area contributed by atoms with Gasteiger partial charge in [-0.15, -0.1) is 0 Å². The van der Waals surface area contributed by atoms with Crippen LogP contribution in [0, 0.1) is 0 Å². The summed E-state index contributed by atoms with van der Waals surface area (Å²) >= 11 is 0. The van der Waals surface area contributed by atoms with Crippen LogP contribution in [0.25, 0.3) is 0 Å². The van der Waals surface area contributed by atoms with Gasteiger partial charge in [-0.05, 0) is 26.8 Å². The average molecular weight is 186 g/mol. The molecule has 1 aliphatic rings. The van der Waals surface area contributed by atoms with Crippen LogP contribution in [-0.2, 0) is 0 Å². The highest BCUT2D eigenvalue weighted by atomic mass is 16.3. The maximum Gasteiger partial charge on any atom is 0.0791 e. The van der Waals surface area contributed by atoms with Crippen LogP contribution in [0.15, 0.2) is 0 Å². The van der Waals surface area contributed by atoms with Gasteiger partial charge in [0.05, 0.1) is 6.10 Å². The molecule has 2 N–H and O–H groups in total. The van der Waals surface area contributed by atoms with Crippen molar-refractivity contribution >= 4 is 0 Å². The molecule has 1 atom stereocenters. The minimum Gasteiger partial charge on any atom is -0.390 e. The number of rotatable bonds is 2. The topological polar surface area (TPSA) is 35.5 Å². The molecule has 13 heavy (non-hydrogen) atoms. The van der Waals surface area contributed by atoms with Crippen LogP contribution in [0.5, 0.6) is 0 Å². The Bertz CT molecular complexity index is 159. The van der Waals surface area contributed by atoms with Gasteiger partial charge in [0.2, 0.25) is 0 Å². The van der Waals surface area contributed by atoms with Crippen molar-refractivity contribution in [3.05, 3.63) is 0 Å². The Morgan fingerprint density at radius 2 is 2.23 bits per heavy atom. The van der Waals surface area contributed by atoms with Crippen molar-refractivity contribution in [3.63, 3.8) is 0 Å². The normalized spacial score (nSPS) is 30.0. The van der Waals surface area contributed by atoms with E-state index in [-0.39, 0.29) is 11.6 Å². The first-order valence-corrected chi connectivity index (χ1v) is 5.20. The van der Waals surface area contributed by atoms with Crippen LogP contribution < -0.4 is 5.32 Å². The highest BCUT2D eigenvalue weighted by molar-refractivity contribution is 4.88. The first-order chi connectivity index (χ1) is 6.06. The van der Waals surface area contributed by atoms with Gasteiger partial charge in [0.1, 0.15) is 0 Å². The van der Waals surface area contributed by atoms with Crippen LogP contribution in [0.2, 0.25) is 0 Å². The Labute approximate surface area is 81.1 Å². The molecule has 1 saturated heterocycles. The lowest BCUT2D eigenvalue weighted by atomic mass is 10.0. The molecule has 0 aromatic heterocycles. The third-order valence-electron chi connectivity index (χ3n) is 2.72. The highest BCUT2D eigenvalue weighted by Gasteiger charge is 2.30. The lowest BCUT2D eigenvalue weighted by Gasteiger charge is -2.37. The van der Waals surface area contributed by atoms with Gasteiger partial charge in [-0.2, -0.15) is 0 Å². The Balaban J connectivity index is 2.60. The molecule has 0 aromatic rings. The molecule has 0 aromatic carbocycles. The minimum absolute atomic E-state index is 0.174. The summed E-state index contributed by atoms with van der Waals surface area (Å²) in [7, 11) is 0. The second-order valence-electron chi connectivity index (χ2n) is 4.54. The summed E-state index contributed by atoms with van der Waals surface area (Å²) in [4.78, 5) is 2.37. The van der Waals surface area contributed by atoms with Crippen LogP contribution in [0.3, 0.4) is 0 Å². The van der Waals surface area contributed by atoms with Crippen molar-refractivity contribution in [3.8, 4) is 0 Å². The van der Waals surface area contributed by atoms with Crippen molar-refractivity contribution in [2.75, 3.05) is 26.2 Å². The summed E-state index contributed by atoms with van der Waals surface area (Å²) in [6, 6.07) is 0. The zero-order valence-electron chi connectivity index (χ0n) is 9.01. The van der Waals surface area contributed by atoms with E-state index in [2.05, 4.69) is 31.0 Å². The van der Waals surface area contributed by atoms with Gasteiger partial charge in [-0.25, -0.2) is 0 Å². The molecule has 0 amide bonds. The molecular weight excluding hydrogens is 164 g/mol. The van der Waals surface area contributed by atoms with Gasteiger partial charge in [-0.1, -0.05) is 6.92 Å². The minimum atomic E-state index is -0.215. The first-order valence-electron chi connectivity index (χ1n) is 5.20. The highest BCUT2D eigenvalue weighted by Crippen LogP contribution is 2.16. The van der Waals surface area contributed by atoms with Crippen LogP contribution in [-0.4, -0.2) is 47.8 Å². The molecule has 0 aliphatic carbocycles. The van der Waals surface area contributed by atoms with Gasteiger partial charge in [-0.3, -0.25) is 4.90 Å². The molecular formula is C10H22N2O. The Morgan fingerprint density at radius 3 is 2.85 bits per heavy atom. The summed E-state index contributed by atoms with van der Waals surface area (Å²) in [5.41, 5.74) is 0.174. The number of hydrogen-bond donors (Lipinski definition) is 2. The van der Waals surface area contributed by atoms with Crippen molar-refractivity contribution in [2.24, 2.45) is 0 Å². The fraction of sp³-hybridized carbons (Fsp3) is 1.00. The van der Waals surface area contributed by atoms with Gasteiger partial charge in [0.25, 0.3) is 0 Å². The molecule has 3 heteroatoms. The van der Waals surface area contributed by atoms with E-state index < -0.39 is 0 Å².